The number of hydrogen-bond donors (Lipinski definition) is 1. The van der Waals surface area contributed by atoms with Gasteiger partial charge in [-0.3, -0.25) is 4.79 Å². The van der Waals surface area contributed by atoms with E-state index >= 15 is 0 Å². The highest BCUT2D eigenvalue weighted by Gasteiger charge is 2.28. The quantitative estimate of drug-likeness (QED) is 0.854. The average molecular weight is 297 g/mol. The van der Waals surface area contributed by atoms with E-state index in [0.29, 0.717) is 23.8 Å². The molecule has 20 heavy (non-hydrogen) atoms. The molecule has 2 rings (SSSR count). The number of rotatable bonds is 2. The van der Waals surface area contributed by atoms with Crippen molar-refractivity contribution in [2.24, 2.45) is 5.92 Å². The molecule has 6 heteroatoms. The molecule has 0 bridgehead atoms. The Morgan fingerprint density at radius 2 is 2.25 bits per heavy atom. The van der Waals surface area contributed by atoms with Gasteiger partial charge in [0.25, 0.3) is 0 Å². The third-order valence-electron chi connectivity index (χ3n) is 3.32. The number of hydrogen-bond acceptors (Lipinski definition) is 3. The summed E-state index contributed by atoms with van der Waals surface area (Å²) < 4.78 is 4.74. The SMILES string of the molecule is COC(=O)[C@H]1CCCN(C(=O)Nc2cccc(Cl)c2)C1. The van der Waals surface area contributed by atoms with Gasteiger partial charge >= 0.3 is 12.0 Å². The van der Waals surface area contributed by atoms with E-state index < -0.39 is 0 Å². The molecule has 2 amide bonds. The molecule has 1 heterocycles. The molecule has 0 aliphatic carbocycles. The van der Waals surface area contributed by atoms with E-state index in [1.807, 2.05) is 0 Å². The van der Waals surface area contributed by atoms with Gasteiger partial charge in [-0.2, -0.15) is 0 Å². The standard InChI is InChI=1S/C14H17ClN2O3/c1-20-13(18)10-4-3-7-17(9-10)14(19)16-12-6-2-5-11(15)8-12/h2,5-6,8,10H,3-4,7,9H2,1H3,(H,16,19)/t10-/m0/s1. The minimum absolute atomic E-state index is 0.221. The number of esters is 1. The Labute approximate surface area is 122 Å². The van der Waals surface area contributed by atoms with Crippen LogP contribution in [0.2, 0.25) is 5.02 Å². The van der Waals surface area contributed by atoms with Crippen molar-refractivity contribution < 1.29 is 14.3 Å². The van der Waals surface area contributed by atoms with Gasteiger partial charge in [-0.25, -0.2) is 4.79 Å². The molecule has 1 saturated heterocycles. The Kier molecular flexibility index (Phi) is 4.84. The monoisotopic (exact) mass is 296 g/mol. The second kappa shape index (κ2) is 6.61. The maximum absolute atomic E-state index is 12.2. The van der Waals surface area contributed by atoms with Gasteiger partial charge in [-0.15, -0.1) is 0 Å². The lowest BCUT2D eigenvalue weighted by Gasteiger charge is -2.31. The number of ether oxygens (including phenoxy) is 1. The Morgan fingerprint density at radius 1 is 1.45 bits per heavy atom. The summed E-state index contributed by atoms with van der Waals surface area (Å²) in [5.74, 6) is -0.496. The number of piperidine rings is 1. The van der Waals surface area contributed by atoms with Gasteiger partial charge < -0.3 is 15.0 Å². The molecule has 108 valence electrons. The summed E-state index contributed by atoms with van der Waals surface area (Å²) in [6, 6.07) is 6.74. The first kappa shape index (κ1) is 14.7. The van der Waals surface area contributed by atoms with Crippen LogP contribution < -0.4 is 5.32 Å². The lowest BCUT2D eigenvalue weighted by atomic mass is 9.98. The summed E-state index contributed by atoms with van der Waals surface area (Å²) in [4.78, 5) is 25.3. The predicted octanol–water partition coefficient (Wildman–Crippen LogP) is 2.76. The lowest BCUT2D eigenvalue weighted by molar-refractivity contribution is -0.146. The first-order valence-corrected chi connectivity index (χ1v) is 6.87. The van der Waals surface area contributed by atoms with Gasteiger partial charge in [0.05, 0.1) is 13.0 Å². The van der Waals surface area contributed by atoms with Crippen LogP contribution in [-0.4, -0.2) is 37.1 Å². The minimum Gasteiger partial charge on any atom is -0.469 e. The van der Waals surface area contributed by atoms with Gasteiger partial charge in [0, 0.05) is 23.8 Å². The number of amides is 2. The third-order valence-corrected chi connectivity index (χ3v) is 3.55. The van der Waals surface area contributed by atoms with Crippen LogP contribution in [0.5, 0.6) is 0 Å². The highest BCUT2D eigenvalue weighted by molar-refractivity contribution is 6.30. The van der Waals surface area contributed by atoms with Crippen LogP contribution in [0.4, 0.5) is 10.5 Å². The summed E-state index contributed by atoms with van der Waals surface area (Å²) in [5, 5.41) is 3.34. The molecular weight excluding hydrogens is 280 g/mol. The first-order chi connectivity index (χ1) is 9.60. The average Bonchev–Trinajstić information content (AvgIpc) is 2.46. The van der Waals surface area contributed by atoms with E-state index in [9.17, 15) is 9.59 Å². The van der Waals surface area contributed by atoms with Crippen molar-refractivity contribution in [1.29, 1.82) is 0 Å². The van der Waals surface area contributed by atoms with Gasteiger partial charge in [0.1, 0.15) is 0 Å². The van der Waals surface area contributed by atoms with Crippen LogP contribution >= 0.6 is 11.6 Å². The number of carbonyl (C=O) groups excluding carboxylic acids is 2. The van der Waals surface area contributed by atoms with Crippen molar-refractivity contribution in [1.82, 2.24) is 4.90 Å². The fourth-order valence-corrected chi connectivity index (χ4v) is 2.48. The largest absolute Gasteiger partial charge is 0.469 e. The first-order valence-electron chi connectivity index (χ1n) is 6.49. The number of carbonyl (C=O) groups is 2. The Bertz CT molecular complexity index is 507. The molecule has 1 aromatic rings. The van der Waals surface area contributed by atoms with E-state index in [-0.39, 0.29) is 17.9 Å². The van der Waals surface area contributed by atoms with Crippen molar-refractivity contribution in [2.75, 3.05) is 25.5 Å². The van der Waals surface area contributed by atoms with E-state index in [4.69, 9.17) is 16.3 Å². The predicted molar refractivity (Wildman–Crippen MR) is 76.8 cm³/mol. The second-order valence-corrected chi connectivity index (χ2v) is 5.19. The normalized spacial score (nSPS) is 18.5. The van der Waals surface area contributed by atoms with Crippen LogP contribution in [0.1, 0.15) is 12.8 Å². The summed E-state index contributed by atoms with van der Waals surface area (Å²) in [6.07, 6.45) is 1.55. The zero-order chi connectivity index (χ0) is 14.5. The van der Waals surface area contributed by atoms with Crippen molar-refractivity contribution in [3.05, 3.63) is 29.3 Å². The summed E-state index contributed by atoms with van der Waals surface area (Å²) in [5.41, 5.74) is 0.641. The third kappa shape index (κ3) is 3.63. The maximum atomic E-state index is 12.2. The van der Waals surface area contributed by atoms with Crippen LogP contribution in [0, 0.1) is 5.92 Å². The van der Waals surface area contributed by atoms with Crippen molar-refractivity contribution in [2.45, 2.75) is 12.8 Å². The maximum Gasteiger partial charge on any atom is 0.321 e. The van der Waals surface area contributed by atoms with Gasteiger partial charge in [0.15, 0.2) is 0 Å². The van der Waals surface area contributed by atoms with Crippen LogP contribution in [0.25, 0.3) is 0 Å². The number of anilines is 1. The molecule has 5 nitrogen and oxygen atoms in total. The second-order valence-electron chi connectivity index (χ2n) is 4.75. The molecule has 0 spiro atoms. The summed E-state index contributed by atoms with van der Waals surface area (Å²) in [6.45, 7) is 1.03. The number of likely N-dealkylation sites (tertiary alicyclic amines) is 1. The number of halogens is 1. The number of urea groups is 1. The molecular formula is C14H17ClN2O3. The van der Waals surface area contributed by atoms with E-state index in [1.165, 1.54) is 7.11 Å². The lowest BCUT2D eigenvalue weighted by Crippen LogP contribution is -2.44. The van der Waals surface area contributed by atoms with Gasteiger partial charge in [0.2, 0.25) is 0 Å². The Balaban J connectivity index is 1.97. The zero-order valence-corrected chi connectivity index (χ0v) is 12.0. The Hall–Kier alpha value is -1.75. The highest BCUT2D eigenvalue weighted by Crippen LogP contribution is 2.20. The van der Waals surface area contributed by atoms with Crippen LogP contribution in [0.15, 0.2) is 24.3 Å². The number of methoxy groups -OCH3 is 1. The van der Waals surface area contributed by atoms with E-state index in [0.717, 1.165) is 12.8 Å². The van der Waals surface area contributed by atoms with Crippen molar-refractivity contribution in [3.63, 3.8) is 0 Å². The molecule has 0 aromatic heterocycles. The van der Waals surface area contributed by atoms with Gasteiger partial charge in [-0.05, 0) is 31.0 Å². The molecule has 1 aromatic carbocycles. The molecule has 1 atom stereocenters. The van der Waals surface area contributed by atoms with Gasteiger partial charge in [-0.1, -0.05) is 17.7 Å². The summed E-state index contributed by atoms with van der Waals surface area (Å²) in [7, 11) is 1.37. The topological polar surface area (TPSA) is 58.6 Å². The zero-order valence-electron chi connectivity index (χ0n) is 11.3. The summed E-state index contributed by atoms with van der Waals surface area (Å²) >= 11 is 5.87. The number of nitrogens with one attached hydrogen (secondary N) is 1. The molecule has 1 N–H and O–H groups in total. The molecule has 0 unspecified atom stereocenters. The molecule has 1 aliphatic heterocycles. The van der Waals surface area contributed by atoms with Crippen LogP contribution in [-0.2, 0) is 9.53 Å². The fourth-order valence-electron chi connectivity index (χ4n) is 2.29. The molecule has 1 fully saturated rings. The van der Waals surface area contributed by atoms with E-state index in [2.05, 4.69) is 5.32 Å². The molecule has 0 radical (unpaired) electrons. The molecule has 1 aliphatic rings. The van der Waals surface area contributed by atoms with Crippen molar-refractivity contribution >= 4 is 29.3 Å². The van der Waals surface area contributed by atoms with E-state index in [1.54, 1.807) is 29.2 Å². The highest BCUT2D eigenvalue weighted by atomic mass is 35.5. The number of benzene rings is 1. The number of nitrogens with zero attached hydrogens (tertiary/aromatic N) is 1. The smallest absolute Gasteiger partial charge is 0.321 e. The fraction of sp³-hybridized carbons (Fsp3) is 0.429. The molecule has 0 saturated carbocycles. The Morgan fingerprint density at radius 3 is 2.95 bits per heavy atom. The van der Waals surface area contributed by atoms with Crippen molar-refractivity contribution in [3.8, 4) is 0 Å². The van der Waals surface area contributed by atoms with Crippen LogP contribution in [0.3, 0.4) is 0 Å². The minimum atomic E-state index is -0.259.